The first kappa shape index (κ1) is 20.1. The first-order valence-corrected chi connectivity index (χ1v) is 10.3. The molecular weight excluding hydrogens is 428 g/mol. The lowest BCUT2D eigenvalue weighted by molar-refractivity contribution is -0.385. The third-order valence-corrected chi connectivity index (χ3v) is 5.92. The number of hydrogen-bond donors (Lipinski definition) is 2. The highest BCUT2D eigenvalue weighted by Crippen LogP contribution is 2.38. The zero-order valence-corrected chi connectivity index (χ0v) is 17.0. The van der Waals surface area contributed by atoms with Crippen molar-refractivity contribution >= 4 is 40.8 Å². The molecule has 2 N–H and O–H groups in total. The van der Waals surface area contributed by atoms with Crippen LogP contribution in [0.5, 0.6) is 0 Å². The number of nitrogens with one attached hydrogen (secondary N) is 2. The standard InChI is InChI=1S/C20H15ClN4O4S/c21-12-7-5-11(6-8-12)10-30-20-23-18-17(19(27)24-20)14(9-16(26)22-18)13-3-1-2-4-15(13)25(28)29/h1-8,14H,9-10H2,(H2,22,23,24,26,27). The number of anilines is 1. The van der Waals surface area contributed by atoms with Crippen molar-refractivity contribution in [1.82, 2.24) is 9.97 Å². The van der Waals surface area contributed by atoms with Crippen LogP contribution in [-0.2, 0) is 10.5 Å². The number of carbonyl (C=O) groups is 1. The van der Waals surface area contributed by atoms with Gasteiger partial charge < -0.3 is 10.3 Å². The van der Waals surface area contributed by atoms with E-state index in [1.807, 2.05) is 12.1 Å². The molecule has 1 aliphatic heterocycles. The number of carbonyl (C=O) groups excluding carboxylic acids is 1. The lowest BCUT2D eigenvalue weighted by Gasteiger charge is -2.24. The van der Waals surface area contributed by atoms with Crippen LogP contribution in [0.2, 0.25) is 5.02 Å². The lowest BCUT2D eigenvalue weighted by Crippen LogP contribution is -2.31. The zero-order valence-electron chi connectivity index (χ0n) is 15.4. The fraction of sp³-hybridized carbons (Fsp3) is 0.150. The van der Waals surface area contributed by atoms with Gasteiger partial charge in [-0.2, -0.15) is 0 Å². The van der Waals surface area contributed by atoms with Crippen molar-refractivity contribution in [1.29, 1.82) is 0 Å². The number of nitro groups is 1. The number of aromatic nitrogens is 2. The van der Waals surface area contributed by atoms with Gasteiger partial charge in [-0.1, -0.05) is 53.7 Å². The molecule has 1 aliphatic rings. The average molecular weight is 443 g/mol. The van der Waals surface area contributed by atoms with Crippen molar-refractivity contribution < 1.29 is 9.72 Å². The number of fused-ring (bicyclic) bond motifs is 1. The van der Waals surface area contributed by atoms with Crippen molar-refractivity contribution in [3.63, 3.8) is 0 Å². The Kier molecular flexibility index (Phi) is 5.56. The number of benzene rings is 2. The van der Waals surface area contributed by atoms with E-state index in [1.54, 1.807) is 30.3 Å². The summed E-state index contributed by atoms with van der Waals surface area (Å²) in [5, 5.41) is 15.0. The Labute approximate surface area is 179 Å². The highest BCUT2D eigenvalue weighted by molar-refractivity contribution is 7.98. The van der Waals surface area contributed by atoms with Crippen LogP contribution in [0.4, 0.5) is 11.5 Å². The van der Waals surface area contributed by atoms with E-state index in [9.17, 15) is 19.7 Å². The van der Waals surface area contributed by atoms with Crippen molar-refractivity contribution in [3.8, 4) is 0 Å². The first-order chi connectivity index (χ1) is 14.4. The summed E-state index contributed by atoms with van der Waals surface area (Å²) < 4.78 is 0. The minimum atomic E-state index is -0.748. The number of amides is 1. The molecular formula is C20H15ClN4O4S. The number of nitrogens with zero attached hydrogens (tertiary/aromatic N) is 2. The Bertz CT molecular complexity index is 1200. The summed E-state index contributed by atoms with van der Waals surface area (Å²) in [6, 6.07) is 13.4. The third kappa shape index (κ3) is 4.07. The Morgan fingerprint density at radius 1 is 1.17 bits per heavy atom. The van der Waals surface area contributed by atoms with Crippen LogP contribution in [0.25, 0.3) is 0 Å². The molecule has 0 radical (unpaired) electrons. The molecule has 2 heterocycles. The topological polar surface area (TPSA) is 118 Å². The molecule has 30 heavy (non-hydrogen) atoms. The maximum absolute atomic E-state index is 12.9. The van der Waals surface area contributed by atoms with Crippen LogP contribution >= 0.6 is 23.4 Å². The summed E-state index contributed by atoms with van der Waals surface area (Å²) >= 11 is 7.19. The molecule has 1 aromatic heterocycles. The molecule has 0 saturated carbocycles. The van der Waals surface area contributed by atoms with E-state index in [2.05, 4.69) is 15.3 Å². The van der Waals surface area contributed by atoms with Gasteiger partial charge in [0.15, 0.2) is 5.16 Å². The molecule has 4 rings (SSSR count). The van der Waals surface area contributed by atoms with Crippen molar-refractivity contribution in [2.45, 2.75) is 23.2 Å². The van der Waals surface area contributed by atoms with Gasteiger partial charge in [0.05, 0.1) is 10.5 Å². The predicted molar refractivity (Wildman–Crippen MR) is 114 cm³/mol. The molecule has 152 valence electrons. The fourth-order valence-corrected chi connectivity index (χ4v) is 4.31. The lowest BCUT2D eigenvalue weighted by atomic mass is 9.86. The largest absolute Gasteiger partial charge is 0.310 e. The van der Waals surface area contributed by atoms with Crippen molar-refractivity contribution in [2.24, 2.45) is 0 Å². The Morgan fingerprint density at radius 3 is 2.63 bits per heavy atom. The summed E-state index contributed by atoms with van der Waals surface area (Å²) in [7, 11) is 0. The number of hydrogen-bond acceptors (Lipinski definition) is 6. The SMILES string of the molecule is O=C1CC(c2ccccc2[N+](=O)[O-])c2c(nc(SCc3ccc(Cl)cc3)[nH]c2=O)N1. The molecule has 0 bridgehead atoms. The molecule has 0 aliphatic carbocycles. The van der Waals surface area contributed by atoms with Crippen LogP contribution in [0.3, 0.4) is 0 Å². The number of thioether (sulfide) groups is 1. The second-order valence-electron chi connectivity index (χ2n) is 6.67. The maximum atomic E-state index is 12.9. The summed E-state index contributed by atoms with van der Waals surface area (Å²) in [6.45, 7) is 0. The van der Waals surface area contributed by atoms with Gasteiger partial charge >= 0.3 is 0 Å². The highest BCUT2D eigenvalue weighted by Gasteiger charge is 2.34. The van der Waals surface area contributed by atoms with Crippen LogP contribution in [-0.4, -0.2) is 20.8 Å². The average Bonchev–Trinajstić information content (AvgIpc) is 2.72. The second kappa shape index (κ2) is 8.29. The monoisotopic (exact) mass is 442 g/mol. The van der Waals surface area contributed by atoms with E-state index in [-0.39, 0.29) is 29.4 Å². The number of H-pyrrole nitrogens is 1. The maximum Gasteiger partial charge on any atom is 0.273 e. The second-order valence-corrected chi connectivity index (χ2v) is 8.07. The van der Waals surface area contributed by atoms with Crippen molar-refractivity contribution in [2.75, 3.05) is 5.32 Å². The van der Waals surface area contributed by atoms with Crippen molar-refractivity contribution in [3.05, 3.63) is 90.7 Å². The first-order valence-electron chi connectivity index (χ1n) is 8.97. The third-order valence-electron chi connectivity index (χ3n) is 4.73. The number of para-hydroxylation sites is 1. The van der Waals surface area contributed by atoms with E-state index in [1.165, 1.54) is 17.8 Å². The zero-order chi connectivity index (χ0) is 21.3. The van der Waals surface area contributed by atoms with Gasteiger partial charge in [0.2, 0.25) is 5.91 Å². The molecule has 0 fully saturated rings. The van der Waals surface area contributed by atoms with Gasteiger partial charge in [-0.05, 0) is 17.7 Å². The summed E-state index contributed by atoms with van der Waals surface area (Å²) in [5.74, 6) is -0.420. The molecule has 10 heteroatoms. The molecule has 0 spiro atoms. The molecule has 1 unspecified atom stereocenters. The van der Waals surface area contributed by atoms with Gasteiger partial charge in [0.1, 0.15) is 5.82 Å². The van der Waals surface area contributed by atoms with E-state index in [4.69, 9.17) is 11.6 Å². The van der Waals surface area contributed by atoms with Crippen LogP contribution in [0.15, 0.2) is 58.5 Å². The normalized spacial score (nSPS) is 15.4. The van der Waals surface area contributed by atoms with Gasteiger partial charge in [-0.3, -0.25) is 19.7 Å². The van der Waals surface area contributed by atoms with Crippen LogP contribution in [0, 0.1) is 10.1 Å². The Hall–Kier alpha value is -3.17. The highest BCUT2D eigenvalue weighted by atomic mass is 35.5. The predicted octanol–water partition coefficient (Wildman–Crippen LogP) is 4.10. The Balaban J connectivity index is 1.69. The number of nitro benzene ring substituents is 1. The number of rotatable bonds is 5. The smallest absolute Gasteiger partial charge is 0.273 e. The molecule has 0 saturated heterocycles. The van der Waals surface area contributed by atoms with E-state index in [0.29, 0.717) is 21.5 Å². The summed E-state index contributed by atoms with van der Waals surface area (Å²) in [4.78, 5) is 43.2. The summed E-state index contributed by atoms with van der Waals surface area (Å²) in [5.41, 5.74) is 0.962. The van der Waals surface area contributed by atoms with Crippen LogP contribution < -0.4 is 10.9 Å². The van der Waals surface area contributed by atoms with E-state index < -0.39 is 16.4 Å². The fourth-order valence-electron chi connectivity index (χ4n) is 3.37. The van der Waals surface area contributed by atoms with Gasteiger partial charge in [0.25, 0.3) is 11.2 Å². The molecule has 8 nitrogen and oxygen atoms in total. The number of aromatic amines is 1. The molecule has 2 aromatic carbocycles. The van der Waals surface area contributed by atoms with Gasteiger partial charge in [0, 0.05) is 34.7 Å². The van der Waals surface area contributed by atoms with Gasteiger partial charge in [-0.25, -0.2) is 4.98 Å². The quantitative estimate of drug-likeness (QED) is 0.266. The Morgan fingerprint density at radius 2 is 1.90 bits per heavy atom. The van der Waals surface area contributed by atoms with E-state index in [0.717, 1.165) is 5.56 Å². The number of halogens is 1. The van der Waals surface area contributed by atoms with Gasteiger partial charge in [-0.15, -0.1) is 0 Å². The molecule has 3 aromatic rings. The van der Waals surface area contributed by atoms with Crippen LogP contribution in [0.1, 0.15) is 29.0 Å². The minimum absolute atomic E-state index is 0.0696. The molecule has 1 amide bonds. The molecule has 1 atom stereocenters. The minimum Gasteiger partial charge on any atom is -0.310 e. The van der Waals surface area contributed by atoms with E-state index >= 15 is 0 Å². The summed E-state index contributed by atoms with van der Waals surface area (Å²) in [6.07, 6.45) is -0.0696.